The molecule has 0 bridgehead atoms. The smallest absolute Gasteiger partial charge is 0.224 e. The fourth-order valence-electron chi connectivity index (χ4n) is 3.56. The van der Waals surface area contributed by atoms with Gasteiger partial charge >= 0.3 is 0 Å². The molecule has 8 nitrogen and oxygen atoms in total. The zero-order chi connectivity index (χ0) is 18.8. The fourth-order valence-corrected chi connectivity index (χ4v) is 3.56. The lowest BCUT2D eigenvalue weighted by molar-refractivity contribution is -0.130. The summed E-state index contributed by atoms with van der Waals surface area (Å²) in [6.45, 7) is 3.16. The normalized spacial score (nSPS) is 19.7. The summed E-state index contributed by atoms with van der Waals surface area (Å²) in [5.74, 6) is 0.694. The molecule has 0 unspecified atom stereocenters. The largest absolute Gasteiger partial charge is 0.391 e. The zero-order valence-corrected chi connectivity index (χ0v) is 15.2. The minimum absolute atomic E-state index is 0.00242. The van der Waals surface area contributed by atoms with Gasteiger partial charge in [-0.25, -0.2) is 4.68 Å². The summed E-state index contributed by atoms with van der Waals surface area (Å²) in [7, 11) is 0. The van der Waals surface area contributed by atoms with Gasteiger partial charge in [0.25, 0.3) is 0 Å². The zero-order valence-electron chi connectivity index (χ0n) is 15.2. The first kappa shape index (κ1) is 17.5. The lowest BCUT2D eigenvalue weighted by atomic mass is 9.99. The van der Waals surface area contributed by atoms with Gasteiger partial charge in [0, 0.05) is 36.5 Å². The molecule has 1 saturated heterocycles. The number of tetrazole rings is 1. The van der Waals surface area contributed by atoms with E-state index in [0.29, 0.717) is 38.3 Å². The van der Waals surface area contributed by atoms with E-state index in [2.05, 4.69) is 26.6 Å². The van der Waals surface area contributed by atoms with Crippen LogP contribution in [-0.4, -0.2) is 60.3 Å². The second-order valence-corrected chi connectivity index (χ2v) is 7.02. The van der Waals surface area contributed by atoms with Crippen LogP contribution in [-0.2, 0) is 17.8 Å². The van der Waals surface area contributed by atoms with Gasteiger partial charge in [-0.15, -0.1) is 5.10 Å². The Hall–Kier alpha value is -2.87. The van der Waals surface area contributed by atoms with E-state index < -0.39 is 6.10 Å². The molecule has 0 radical (unpaired) electrons. The molecule has 1 N–H and O–H groups in total. The standard InChI is InChI=1S/C19H22N6O2/c1-13-21-22-23-25(13)9-8-19(27)24-11-15(18(26)12-24)10-16-7-6-14-4-2-3-5-17(14)20-16/h2-7,15,18,26H,8-12H2,1H3/t15-,18-/m1/s1. The van der Waals surface area contributed by atoms with Crippen LogP contribution in [0.15, 0.2) is 36.4 Å². The van der Waals surface area contributed by atoms with Gasteiger partial charge in [0.05, 0.1) is 18.2 Å². The number of nitrogens with zero attached hydrogens (tertiary/aromatic N) is 6. The number of carbonyl (C=O) groups excluding carboxylic acids is 1. The Morgan fingerprint density at radius 3 is 2.89 bits per heavy atom. The van der Waals surface area contributed by atoms with E-state index in [4.69, 9.17) is 0 Å². The van der Waals surface area contributed by atoms with Crippen molar-refractivity contribution >= 4 is 16.8 Å². The number of β-amino-alcohol motifs (C(OH)–C–C–N with tert-alkyl or cyclic N) is 1. The summed E-state index contributed by atoms with van der Waals surface area (Å²) in [5, 5.41) is 22.8. The number of para-hydroxylation sites is 1. The van der Waals surface area contributed by atoms with Gasteiger partial charge in [0.2, 0.25) is 5.91 Å². The summed E-state index contributed by atoms with van der Waals surface area (Å²) in [6.07, 6.45) is 0.443. The molecule has 0 saturated carbocycles. The first-order valence-corrected chi connectivity index (χ1v) is 9.13. The molecule has 2 atom stereocenters. The predicted molar refractivity (Wildman–Crippen MR) is 98.7 cm³/mol. The molecule has 0 spiro atoms. The van der Waals surface area contributed by atoms with Crippen LogP contribution < -0.4 is 0 Å². The van der Waals surface area contributed by atoms with Gasteiger partial charge < -0.3 is 10.0 Å². The van der Waals surface area contributed by atoms with E-state index >= 15 is 0 Å². The Morgan fingerprint density at radius 1 is 1.22 bits per heavy atom. The van der Waals surface area contributed by atoms with E-state index in [9.17, 15) is 9.90 Å². The minimum atomic E-state index is -0.531. The van der Waals surface area contributed by atoms with Crippen LogP contribution >= 0.6 is 0 Å². The first-order chi connectivity index (χ1) is 13.1. The number of hydrogen-bond donors (Lipinski definition) is 1. The fraction of sp³-hybridized carbons (Fsp3) is 0.421. The summed E-state index contributed by atoms with van der Waals surface area (Å²) in [4.78, 5) is 18.9. The van der Waals surface area contributed by atoms with Gasteiger partial charge in [-0.2, -0.15) is 0 Å². The third kappa shape index (κ3) is 3.80. The molecular weight excluding hydrogens is 344 g/mol. The highest BCUT2D eigenvalue weighted by Crippen LogP contribution is 2.23. The van der Waals surface area contributed by atoms with Crippen molar-refractivity contribution in [2.75, 3.05) is 13.1 Å². The van der Waals surface area contributed by atoms with Crippen LogP contribution in [0.3, 0.4) is 0 Å². The van der Waals surface area contributed by atoms with Gasteiger partial charge in [-0.05, 0) is 35.9 Å². The summed E-state index contributed by atoms with van der Waals surface area (Å²) in [6, 6.07) is 12.0. The number of amides is 1. The third-order valence-electron chi connectivity index (χ3n) is 5.14. The Labute approximate surface area is 156 Å². The van der Waals surface area contributed by atoms with E-state index in [1.165, 1.54) is 0 Å². The number of hydrogen-bond acceptors (Lipinski definition) is 6. The molecule has 27 heavy (non-hydrogen) atoms. The maximum Gasteiger partial charge on any atom is 0.224 e. The van der Waals surface area contributed by atoms with Gasteiger partial charge in [-0.1, -0.05) is 24.3 Å². The van der Waals surface area contributed by atoms with Crippen molar-refractivity contribution in [1.29, 1.82) is 0 Å². The van der Waals surface area contributed by atoms with Crippen LogP contribution in [0, 0.1) is 12.8 Å². The molecule has 4 rings (SSSR count). The van der Waals surface area contributed by atoms with Crippen molar-refractivity contribution in [3.05, 3.63) is 47.9 Å². The molecule has 1 aliphatic rings. The molecule has 1 aliphatic heterocycles. The first-order valence-electron chi connectivity index (χ1n) is 9.13. The summed E-state index contributed by atoms with van der Waals surface area (Å²) >= 11 is 0. The highest BCUT2D eigenvalue weighted by atomic mass is 16.3. The van der Waals surface area contributed by atoms with Crippen molar-refractivity contribution < 1.29 is 9.90 Å². The minimum Gasteiger partial charge on any atom is -0.391 e. The van der Waals surface area contributed by atoms with Crippen molar-refractivity contribution in [2.45, 2.75) is 32.4 Å². The second kappa shape index (κ2) is 7.40. The number of aliphatic hydroxyl groups is 1. The topological polar surface area (TPSA) is 97.0 Å². The number of fused-ring (bicyclic) bond motifs is 1. The maximum absolute atomic E-state index is 12.5. The lowest BCUT2D eigenvalue weighted by Crippen LogP contribution is -2.30. The molecule has 1 aromatic carbocycles. The van der Waals surface area contributed by atoms with Crippen LogP contribution in [0.4, 0.5) is 0 Å². The average Bonchev–Trinajstić information content (AvgIpc) is 3.25. The van der Waals surface area contributed by atoms with E-state index in [0.717, 1.165) is 16.6 Å². The monoisotopic (exact) mass is 366 g/mol. The average molecular weight is 366 g/mol. The number of aliphatic hydroxyl groups excluding tert-OH is 1. The van der Waals surface area contributed by atoms with Crippen LogP contribution in [0.1, 0.15) is 17.9 Å². The molecule has 3 aromatic rings. The molecule has 140 valence electrons. The Morgan fingerprint density at radius 2 is 2.07 bits per heavy atom. The number of aromatic nitrogens is 5. The van der Waals surface area contributed by atoms with Gasteiger partial charge in [0.15, 0.2) is 0 Å². The van der Waals surface area contributed by atoms with Crippen molar-refractivity contribution in [3.8, 4) is 0 Å². The number of likely N-dealkylation sites (tertiary alicyclic amines) is 1. The lowest BCUT2D eigenvalue weighted by Gasteiger charge is -2.16. The molecule has 0 aliphatic carbocycles. The van der Waals surface area contributed by atoms with E-state index in [1.54, 1.807) is 16.5 Å². The number of carbonyl (C=O) groups is 1. The second-order valence-electron chi connectivity index (χ2n) is 7.02. The van der Waals surface area contributed by atoms with Crippen molar-refractivity contribution in [3.63, 3.8) is 0 Å². The highest BCUT2D eigenvalue weighted by Gasteiger charge is 2.34. The molecule has 3 heterocycles. The van der Waals surface area contributed by atoms with Crippen molar-refractivity contribution in [2.24, 2.45) is 5.92 Å². The maximum atomic E-state index is 12.5. The molecule has 1 amide bonds. The van der Waals surface area contributed by atoms with Crippen LogP contribution in [0.2, 0.25) is 0 Å². The molecular formula is C19H22N6O2. The van der Waals surface area contributed by atoms with E-state index in [1.807, 2.05) is 30.3 Å². The highest BCUT2D eigenvalue weighted by molar-refractivity contribution is 5.78. The Kier molecular flexibility index (Phi) is 4.81. The van der Waals surface area contributed by atoms with Crippen LogP contribution in [0.25, 0.3) is 10.9 Å². The van der Waals surface area contributed by atoms with Gasteiger partial charge in [0.1, 0.15) is 5.82 Å². The molecule has 8 heteroatoms. The third-order valence-corrected chi connectivity index (χ3v) is 5.14. The van der Waals surface area contributed by atoms with Crippen molar-refractivity contribution in [1.82, 2.24) is 30.1 Å². The Bertz CT molecular complexity index is 956. The molecule has 2 aromatic heterocycles. The Balaban J connectivity index is 1.37. The SMILES string of the molecule is Cc1nnnn1CCC(=O)N1C[C@@H](Cc2ccc3ccccc3n2)[C@H](O)C1. The van der Waals surface area contributed by atoms with Crippen LogP contribution in [0.5, 0.6) is 0 Å². The summed E-state index contributed by atoms with van der Waals surface area (Å²) in [5.41, 5.74) is 1.89. The van der Waals surface area contributed by atoms with Gasteiger partial charge in [-0.3, -0.25) is 9.78 Å². The number of aryl methyl sites for hydroxylation is 2. The molecule has 1 fully saturated rings. The number of benzene rings is 1. The van der Waals surface area contributed by atoms with E-state index in [-0.39, 0.29) is 11.8 Å². The quantitative estimate of drug-likeness (QED) is 0.723. The number of pyridine rings is 1. The predicted octanol–water partition coefficient (Wildman–Crippen LogP) is 0.982. The summed E-state index contributed by atoms with van der Waals surface area (Å²) < 4.78 is 1.61. The number of rotatable bonds is 5.